The van der Waals surface area contributed by atoms with Crippen molar-refractivity contribution in [2.24, 2.45) is 0 Å². The summed E-state index contributed by atoms with van der Waals surface area (Å²) in [7, 11) is 0. The molecule has 3 heteroatoms. The fourth-order valence-corrected chi connectivity index (χ4v) is 4.74. The van der Waals surface area contributed by atoms with E-state index in [4.69, 9.17) is 9.47 Å². The van der Waals surface area contributed by atoms with Crippen molar-refractivity contribution in [3.63, 3.8) is 0 Å². The smallest absolute Gasteiger partial charge is 0.119 e. The summed E-state index contributed by atoms with van der Waals surface area (Å²) in [6.07, 6.45) is 0.897. The molecule has 1 saturated heterocycles. The van der Waals surface area contributed by atoms with E-state index in [0.29, 0.717) is 13.2 Å². The molecule has 0 aromatic heterocycles. The zero-order valence-corrected chi connectivity index (χ0v) is 19.5. The molecular weight excluding hydrogens is 418 g/mol. The lowest BCUT2D eigenvalue weighted by Gasteiger charge is -2.34. The van der Waals surface area contributed by atoms with Crippen LogP contribution in [0.1, 0.15) is 28.7 Å². The standard InChI is InChI=1S/C31H31NO2/c1-4-10-26(11-5-1)24-32-21-20-31(34-23-22-32,28-14-8-3-9-15-28)29-16-18-30(19-17-29)33-25-27-12-6-2-7-13-27/h1-19H,20-25H2. The van der Waals surface area contributed by atoms with Gasteiger partial charge in [-0.3, -0.25) is 4.90 Å². The van der Waals surface area contributed by atoms with Crippen LogP contribution in [0, 0.1) is 0 Å². The first kappa shape index (κ1) is 22.4. The number of rotatable bonds is 7. The molecule has 0 aliphatic carbocycles. The van der Waals surface area contributed by atoms with E-state index in [1.54, 1.807) is 0 Å². The van der Waals surface area contributed by atoms with Gasteiger partial charge in [0.25, 0.3) is 0 Å². The minimum Gasteiger partial charge on any atom is -0.489 e. The van der Waals surface area contributed by atoms with Crippen molar-refractivity contribution in [3.05, 3.63) is 138 Å². The monoisotopic (exact) mass is 449 g/mol. The molecule has 0 amide bonds. The molecule has 1 aliphatic rings. The highest BCUT2D eigenvalue weighted by Crippen LogP contribution is 2.39. The second-order valence-corrected chi connectivity index (χ2v) is 8.85. The van der Waals surface area contributed by atoms with E-state index in [-0.39, 0.29) is 0 Å². The first-order chi connectivity index (χ1) is 16.8. The highest BCUT2D eigenvalue weighted by atomic mass is 16.5. The fraction of sp³-hybridized carbons (Fsp3) is 0.226. The number of nitrogens with zero attached hydrogens (tertiary/aromatic N) is 1. The Morgan fingerprint density at radius 1 is 0.647 bits per heavy atom. The maximum absolute atomic E-state index is 6.72. The van der Waals surface area contributed by atoms with Crippen molar-refractivity contribution in [1.82, 2.24) is 4.90 Å². The van der Waals surface area contributed by atoms with E-state index in [0.717, 1.165) is 37.4 Å². The molecule has 0 N–H and O–H groups in total. The molecule has 1 aliphatic heterocycles. The van der Waals surface area contributed by atoms with Gasteiger partial charge in [-0.05, 0) is 40.8 Å². The van der Waals surface area contributed by atoms with Gasteiger partial charge in [0.05, 0.1) is 6.61 Å². The van der Waals surface area contributed by atoms with Gasteiger partial charge < -0.3 is 9.47 Å². The molecule has 34 heavy (non-hydrogen) atoms. The molecule has 1 atom stereocenters. The molecule has 0 spiro atoms. The highest BCUT2D eigenvalue weighted by Gasteiger charge is 2.37. The van der Waals surface area contributed by atoms with Gasteiger partial charge in [-0.15, -0.1) is 0 Å². The predicted molar refractivity (Wildman–Crippen MR) is 137 cm³/mol. The average molecular weight is 450 g/mol. The molecule has 3 nitrogen and oxygen atoms in total. The molecule has 0 saturated carbocycles. The van der Waals surface area contributed by atoms with Crippen LogP contribution >= 0.6 is 0 Å². The Labute approximate surface area is 202 Å². The minimum absolute atomic E-state index is 0.468. The van der Waals surface area contributed by atoms with Crippen LogP contribution in [-0.4, -0.2) is 24.6 Å². The van der Waals surface area contributed by atoms with Crippen LogP contribution in [0.5, 0.6) is 5.75 Å². The van der Waals surface area contributed by atoms with E-state index in [1.807, 2.05) is 18.2 Å². The number of hydrogen-bond acceptors (Lipinski definition) is 3. The third kappa shape index (κ3) is 5.22. The molecule has 0 bridgehead atoms. The summed E-state index contributed by atoms with van der Waals surface area (Å²) in [4.78, 5) is 2.50. The molecule has 4 aromatic carbocycles. The Bertz CT molecular complexity index is 1150. The van der Waals surface area contributed by atoms with Crippen LogP contribution in [0.4, 0.5) is 0 Å². The molecular formula is C31H31NO2. The van der Waals surface area contributed by atoms with Crippen LogP contribution in [0.15, 0.2) is 115 Å². The first-order valence-electron chi connectivity index (χ1n) is 12.0. The Morgan fingerprint density at radius 2 is 1.24 bits per heavy atom. The average Bonchev–Trinajstić information content (AvgIpc) is 3.13. The van der Waals surface area contributed by atoms with Gasteiger partial charge in [-0.25, -0.2) is 0 Å². The Balaban J connectivity index is 1.36. The number of ether oxygens (including phenoxy) is 2. The van der Waals surface area contributed by atoms with Crippen molar-refractivity contribution >= 4 is 0 Å². The van der Waals surface area contributed by atoms with Gasteiger partial charge in [0.1, 0.15) is 18.0 Å². The molecule has 1 heterocycles. The summed E-state index contributed by atoms with van der Waals surface area (Å²) >= 11 is 0. The minimum atomic E-state index is -0.468. The second-order valence-electron chi connectivity index (χ2n) is 8.85. The molecule has 1 unspecified atom stereocenters. The van der Waals surface area contributed by atoms with Crippen LogP contribution in [0.25, 0.3) is 0 Å². The maximum atomic E-state index is 6.72. The van der Waals surface area contributed by atoms with Gasteiger partial charge in [0, 0.05) is 19.6 Å². The van der Waals surface area contributed by atoms with Crippen molar-refractivity contribution in [2.45, 2.75) is 25.2 Å². The van der Waals surface area contributed by atoms with Crippen LogP contribution in [0.2, 0.25) is 0 Å². The van der Waals surface area contributed by atoms with Gasteiger partial charge >= 0.3 is 0 Å². The summed E-state index contributed by atoms with van der Waals surface area (Å²) in [5.41, 5.74) is 4.42. The first-order valence-corrected chi connectivity index (χ1v) is 12.0. The van der Waals surface area contributed by atoms with Gasteiger partial charge in [0.15, 0.2) is 0 Å². The summed E-state index contributed by atoms with van der Waals surface area (Å²) in [6, 6.07) is 40.1. The Morgan fingerprint density at radius 3 is 1.91 bits per heavy atom. The molecule has 4 aromatic rings. The van der Waals surface area contributed by atoms with Crippen molar-refractivity contribution < 1.29 is 9.47 Å². The highest BCUT2D eigenvalue weighted by molar-refractivity contribution is 5.39. The molecule has 1 fully saturated rings. The lowest BCUT2D eigenvalue weighted by molar-refractivity contribution is -0.0102. The van der Waals surface area contributed by atoms with Gasteiger partial charge in [-0.2, -0.15) is 0 Å². The quantitative estimate of drug-likeness (QED) is 0.324. The van der Waals surface area contributed by atoms with Crippen LogP contribution < -0.4 is 4.74 Å². The topological polar surface area (TPSA) is 21.7 Å². The van der Waals surface area contributed by atoms with E-state index in [1.165, 1.54) is 16.7 Å². The van der Waals surface area contributed by atoms with Gasteiger partial charge in [0.2, 0.25) is 0 Å². The SMILES string of the molecule is c1ccc(COc2ccc(C3(c4ccccc4)CCN(Cc4ccccc4)CCO3)cc2)cc1. The maximum Gasteiger partial charge on any atom is 0.119 e. The fourth-order valence-electron chi connectivity index (χ4n) is 4.74. The molecule has 0 radical (unpaired) electrons. The van der Waals surface area contributed by atoms with Crippen LogP contribution in [-0.2, 0) is 23.5 Å². The number of benzene rings is 4. The Hall–Kier alpha value is -3.40. The lowest BCUT2D eigenvalue weighted by Crippen LogP contribution is -2.32. The lowest BCUT2D eigenvalue weighted by atomic mass is 9.83. The number of hydrogen-bond donors (Lipinski definition) is 0. The summed E-state index contributed by atoms with van der Waals surface area (Å²) in [6.45, 7) is 4.09. The normalized spacial score (nSPS) is 18.8. The third-order valence-corrected chi connectivity index (χ3v) is 6.59. The van der Waals surface area contributed by atoms with E-state index in [2.05, 4.69) is 102 Å². The largest absolute Gasteiger partial charge is 0.489 e. The summed E-state index contributed by atoms with van der Waals surface area (Å²) in [5, 5.41) is 0. The summed E-state index contributed by atoms with van der Waals surface area (Å²) < 4.78 is 12.7. The Kier molecular flexibility index (Phi) is 7.04. The van der Waals surface area contributed by atoms with Crippen LogP contribution in [0.3, 0.4) is 0 Å². The van der Waals surface area contributed by atoms with Gasteiger partial charge in [-0.1, -0.05) is 103 Å². The zero-order chi connectivity index (χ0) is 23.1. The van der Waals surface area contributed by atoms with E-state index < -0.39 is 5.60 Å². The van der Waals surface area contributed by atoms with Crippen molar-refractivity contribution in [3.8, 4) is 5.75 Å². The van der Waals surface area contributed by atoms with Crippen molar-refractivity contribution in [1.29, 1.82) is 0 Å². The zero-order valence-electron chi connectivity index (χ0n) is 19.5. The predicted octanol–water partition coefficient (Wildman–Crippen LogP) is 6.43. The third-order valence-electron chi connectivity index (χ3n) is 6.59. The van der Waals surface area contributed by atoms with E-state index >= 15 is 0 Å². The molecule has 5 rings (SSSR count). The van der Waals surface area contributed by atoms with E-state index in [9.17, 15) is 0 Å². The van der Waals surface area contributed by atoms with Crippen molar-refractivity contribution in [2.75, 3.05) is 19.7 Å². The molecule has 172 valence electrons. The second kappa shape index (κ2) is 10.7. The summed E-state index contributed by atoms with van der Waals surface area (Å²) in [5.74, 6) is 0.871.